The predicted molar refractivity (Wildman–Crippen MR) is 19.5 cm³/mol. The number of hydrogen-bond donors (Lipinski definition) is 0. The van der Waals surface area contributed by atoms with Gasteiger partial charge >= 0.3 is 0 Å². The van der Waals surface area contributed by atoms with Crippen LogP contribution in [0.4, 0.5) is 4.39 Å². The average Bonchev–Trinajstić information content (AvgIpc) is 1.41. The Morgan fingerprint density at radius 2 is 2.20 bits per heavy atom. The predicted octanol–water partition coefficient (Wildman–Crippen LogP) is 1.45. The van der Waals surface area contributed by atoms with E-state index in [4.69, 9.17) is 6.92 Å². The van der Waals surface area contributed by atoms with Crippen molar-refractivity contribution in [2.45, 2.75) is 12.8 Å². The third-order valence-corrected chi connectivity index (χ3v) is 0.338. The van der Waals surface area contributed by atoms with Crippen LogP contribution in [0.1, 0.15) is 12.8 Å². The summed E-state index contributed by atoms with van der Waals surface area (Å²) in [6, 6.07) is 0. The Morgan fingerprint density at radius 3 is 2.20 bits per heavy atom. The highest BCUT2D eigenvalue weighted by molar-refractivity contribution is 4.35. The summed E-state index contributed by atoms with van der Waals surface area (Å²) < 4.78 is 10.9. The van der Waals surface area contributed by atoms with E-state index in [2.05, 4.69) is 0 Å². The smallest absolute Gasteiger partial charge is 0.0894 e. The SMILES string of the molecule is [CH]CCCF. The van der Waals surface area contributed by atoms with Crippen molar-refractivity contribution in [2.24, 2.45) is 0 Å². The minimum absolute atomic E-state index is 0.281. The van der Waals surface area contributed by atoms with Gasteiger partial charge in [-0.25, -0.2) is 0 Å². The van der Waals surface area contributed by atoms with E-state index in [9.17, 15) is 4.39 Å². The first-order chi connectivity index (χ1) is 2.41. The molecule has 0 aromatic rings. The van der Waals surface area contributed by atoms with Crippen molar-refractivity contribution in [1.82, 2.24) is 0 Å². The summed E-state index contributed by atoms with van der Waals surface area (Å²) in [5.41, 5.74) is 0. The molecule has 0 aromatic carbocycles. The maximum absolute atomic E-state index is 10.9. The van der Waals surface area contributed by atoms with E-state index in [-0.39, 0.29) is 6.67 Å². The van der Waals surface area contributed by atoms with Crippen LogP contribution in [0, 0.1) is 6.92 Å². The molecule has 2 radical (unpaired) electrons. The molecule has 0 heterocycles. The zero-order valence-electron chi connectivity index (χ0n) is 3.08. The molecule has 1 heteroatoms. The first-order valence-corrected chi connectivity index (χ1v) is 1.68. The summed E-state index contributed by atoms with van der Waals surface area (Å²) in [5.74, 6) is 0. The van der Waals surface area contributed by atoms with E-state index in [0.717, 1.165) is 0 Å². The Bertz CT molecular complexity index is 11.1. The number of alkyl halides is 1. The summed E-state index contributed by atoms with van der Waals surface area (Å²) in [5, 5.41) is 0. The molecule has 0 amide bonds. The van der Waals surface area contributed by atoms with Crippen LogP contribution in [-0.2, 0) is 0 Å². The summed E-state index contributed by atoms with van der Waals surface area (Å²) in [6.07, 6.45) is 0.969. The second kappa shape index (κ2) is 3.93. The highest BCUT2D eigenvalue weighted by Gasteiger charge is 1.72. The Hall–Kier alpha value is -0.0700. The molecule has 0 N–H and O–H groups in total. The maximum atomic E-state index is 10.9. The quantitative estimate of drug-likeness (QED) is 0.465. The van der Waals surface area contributed by atoms with Crippen LogP contribution in [0.15, 0.2) is 0 Å². The zero-order valence-corrected chi connectivity index (χ0v) is 3.08. The summed E-state index contributed by atoms with van der Waals surface area (Å²) in [4.78, 5) is 0. The van der Waals surface area contributed by atoms with Gasteiger partial charge in [-0.15, -0.1) is 0 Å². The molecule has 0 aromatic heterocycles. The lowest BCUT2D eigenvalue weighted by Gasteiger charge is -1.76. The molecule has 0 aliphatic heterocycles. The number of rotatable bonds is 2. The molecule has 0 aliphatic carbocycles. The molecular weight excluding hydrogens is 67.0 g/mol. The Morgan fingerprint density at radius 1 is 1.60 bits per heavy atom. The lowest BCUT2D eigenvalue weighted by atomic mass is 10.4. The number of unbranched alkanes of at least 4 members (excludes halogenated alkanes) is 1. The van der Waals surface area contributed by atoms with Gasteiger partial charge in [-0.05, 0) is 19.8 Å². The molecule has 0 atom stereocenters. The van der Waals surface area contributed by atoms with Gasteiger partial charge < -0.3 is 0 Å². The van der Waals surface area contributed by atoms with Crippen molar-refractivity contribution in [3.05, 3.63) is 6.92 Å². The molecule has 0 bridgehead atoms. The fourth-order valence-electron chi connectivity index (χ4n) is 0.0772. The van der Waals surface area contributed by atoms with Gasteiger partial charge in [0.05, 0.1) is 6.67 Å². The molecular formula is C4H7F. The van der Waals surface area contributed by atoms with Gasteiger partial charge in [0.2, 0.25) is 0 Å². The monoisotopic (exact) mass is 74.1 g/mol. The van der Waals surface area contributed by atoms with Gasteiger partial charge in [-0.2, -0.15) is 0 Å². The standard InChI is InChI=1S/C4H7F/c1-2-3-4-5/h1H,2-4H2. The van der Waals surface area contributed by atoms with Crippen molar-refractivity contribution in [3.63, 3.8) is 0 Å². The van der Waals surface area contributed by atoms with Crippen molar-refractivity contribution < 1.29 is 4.39 Å². The van der Waals surface area contributed by atoms with E-state index in [0.29, 0.717) is 12.8 Å². The van der Waals surface area contributed by atoms with E-state index in [1.807, 2.05) is 0 Å². The number of halogens is 1. The van der Waals surface area contributed by atoms with Crippen molar-refractivity contribution >= 4 is 0 Å². The molecule has 0 fully saturated rings. The Labute approximate surface area is 32.0 Å². The first-order valence-electron chi connectivity index (χ1n) is 1.68. The van der Waals surface area contributed by atoms with Gasteiger partial charge in [0, 0.05) is 0 Å². The Kier molecular flexibility index (Phi) is 3.87. The van der Waals surface area contributed by atoms with Crippen molar-refractivity contribution in [3.8, 4) is 0 Å². The number of hydrogen-bond acceptors (Lipinski definition) is 0. The normalized spacial score (nSPS) is 8.40. The molecule has 0 saturated carbocycles. The fraction of sp³-hybridized carbons (Fsp3) is 0.750. The molecule has 0 spiro atoms. The highest BCUT2D eigenvalue weighted by Crippen LogP contribution is 1.82. The summed E-state index contributed by atoms with van der Waals surface area (Å²) >= 11 is 0. The summed E-state index contributed by atoms with van der Waals surface area (Å²) in [7, 11) is 0. The molecule has 5 heavy (non-hydrogen) atoms. The second-order valence-electron chi connectivity index (χ2n) is 0.831. The van der Waals surface area contributed by atoms with E-state index >= 15 is 0 Å². The fourth-order valence-corrected chi connectivity index (χ4v) is 0.0772. The van der Waals surface area contributed by atoms with E-state index in [1.54, 1.807) is 0 Å². The van der Waals surface area contributed by atoms with Crippen LogP contribution in [-0.4, -0.2) is 6.67 Å². The van der Waals surface area contributed by atoms with Crippen molar-refractivity contribution in [2.75, 3.05) is 6.67 Å². The van der Waals surface area contributed by atoms with Crippen molar-refractivity contribution in [1.29, 1.82) is 0 Å². The van der Waals surface area contributed by atoms with Crippen LogP contribution in [0.3, 0.4) is 0 Å². The van der Waals surface area contributed by atoms with Gasteiger partial charge in [-0.3, -0.25) is 4.39 Å². The third kappa shape index (κ3) is 3.93. The van der Waals surface area contributed by atoms with Crippen LogP contribution < -0.4 is 0 Å². The second-order valence-corrected chi connectivity index (χ2v) is 0.831. The molecule has 0 aliphatic rings. The molecule has 0 rings (SSSR count). The zero-order chi connectivity index (χ0) is 4.12. The molecule has 30 valence electrons. The average molecular weight is 74.1 g/mol. The molecule has 0 nitrogen and oxygen atoms in total. The van der Waals surface area contributed by atoms with E-state index < -0.39 is 0 Å². The third-order valence-electron chi connectivity index (χ3n) is 0.338. The largest absolute Gasteiger partial charge is 0.251 e. The van der Waals surface area contributed by atoms with Gasteiger partial charge in [0.25, 0.3) is 0 Å². The molecule has 0 saturated heterocycles. The lowest BCUT2D eigenvalue weighted by Crippen LogP contribution is -1.67. The Balaban J connectivity index is 2.19. The molecule has 0 unspecified atom stereocenters. The van der Waals surface area contributed by atoms with Crippen LogP contribution in [0.5, 0.6) is 0 Å². The lowest BCUT2D eigenvalue weighted by molar-refractivity contribution is 0.475. The minimum atomic E-state index is -0.281. The van der Waals surface area contributed by atoms with Crippen LogP contribution >= 0.6 is 0 Å². The van der Waals surface area contributed by atoms with Gasteiger partial charge in [0.15, 0.2) is 0 Å². The van der Waals surface area contributed by atoms with Gasteiger partial charge in [-0.1, -0.05) is 0 Å². The highest BCUT2D eigenvalue weighted by atomic mass is 19.1. The van der Waals surface area contributed by atoms with E-state index in [1.165, 1.54) is 0 Å². The van der Waals surface area contributed by atoms with Crippen LogP contribution in [0.2, 0.25) is 0 Å². The maximum Gasteiger partial charge on any atom is 0.0894 e. The topological polar surface area (TPSA) is 0 Å². The minimum Gasteiger partial charge on any atom is -0.251 e. The summed E-state index contributed by atoms with van der Waals surface area (Å²) in [6.45, 7) is 4.62. The van der Waals surface area contributed by atoms with Gasteiger partial charge in [0.1, 0.15) is 0 Å². The first kappa shape index (κ1) is 4.93. The van der Waals surface area contributed by atoms with Crippen LogP contribution in [0.25, 0.3) is 0 Å².